The van der Waals surface area contributed by atoms with Gasteiger partial charge in [-0.25, -0.2) is 4.98 Å². The number of hydrogen-bond donors (Lipinski definition) is 2. The minimum Gasteiger partial charge on any atom is -0.390 e. The van der Waals surface area contributed by atoms with Gasteiger partial charge < -0.3 is 15.7 Å². The fourth-order valence-corrected chi connectivity index (χ4v) is 2.24. The van der Waals surface area contributed by atoms with Crippen molar-refractivity contribution in [3.8, 4) is 0 Å². The van der Waals surface area contributed by atoms with E-state index in [1.54, 1.807) is 30.9 Å². The SMILES string of the molecule is CC(C)(O)[C@@H]1CCN(C(=O)c2ccc(N)nc2)C1. The lowest BCUT2D eigenvalue weighted by Gasteiger charge is -2.25. The summed E-state index contributed by atoms with van der Waals surface area (Å²) in [6.45, 7) is 4.84. The number of amides is 1. The molecule has 0 radical (unpaired) electrons. The first-order valence-electron chi connectivity index (χ1n) is 6.11. The first-order valence-corrected chi connectivity index (χ1v) is 6.11. The first-order chi connectivity index (χ1) is 8.38. The van der Waals surface area contributed by atoms with Gasteiger partial charge in [-0.2, -0.15) is 0 Å². The highest BCUT2D eigenvalue weighted by molar-refractivity contribution is 5.94. The number of carbonyl (C=O) groups excluding carboxylic acids is 1. The van der Waals surface area contributed by atoms with Gasteiger partial charge in [0.25, 0.3) is 5.91 Å². The van der Waals surface area contributed by atoms with Gasteiger partial charge in [-0.05, 0) is 32.4 Å². The van der Waals surface area contributed by atoms with E-state index in [0.717, 1.165) is 6.42 Å². The smallest absolute Gasteiger partial charge is 0.255 e. The summed E-state index contributed by atoms with van der Waals surface area (Å²) in [5.74, 6) is 0.486. The van der Waals surface area contributed by atoms with Crippen LogP contribution >= 0.6 is 0 Å². The van der Waals surface area contributed by atoms with Gasteiger partial charge in [0.1, 0.15) is 5.82 Å². The Morgan fingerprint density at radius 3 is 2.78 bits per heavy atom. The molecule has 3 N–H and O–H groups in total. The van der Waals surface area contributed by atoms with Crippen LogP contribution in [0, 0.1) is 5.92 Å². The molecule has 1 saturated heterocycles. The predicted octanol–water partition coefficient (Wildman–Crippen LogP) is 0.897. The number of carbonyl (C=O) groups is 1. The third kappa shape index (κ3) is 2.61. The molecule has 0 aliphatic carbocycles. The van der Waals surface area contributed by atoms with Crippen molar-refractivity contribution in [2.45, 2.75) is 25.9 Å². The quantitative estimate of drug-likeness (QED) is 0.816. The number of hydrogen-bond acceptors (Lipinski definition) is 4. The van der Waals surface area contributed by atoms with E-state index in [1.165, 1.54) is 6.20 Å². The maximum atomic E-state index is 12.2. The Bertz CT molecular complexity index is 437. The van der Waals surface area contributed by atoms with Crippen molar-refractivity contribution in [1.82, 2.24) is 9.88 Å². The second-order valence-corrected chi connectivity index (χ2v) is 5.36. The van der Waals surface area contributed by atoms with E-state index in [9.17, 15) is 9.90 Å². The number of likely N-dealkylation sites (tertiary alicyclic amines) is 1. The highest BCUT2D eigenvalue weighted by Gasteiger charge is 2.35. The molecule has 1 aromatic heterocycles. The van der Waals surface area contributed by atoms with Crippen molar-refractivity contribution < 1.29 is 9.90 Å². The van der Waals surface area contributed by atoms with E-state index in [1.807, 2.05) is 0 Å². The van der Waals surface area contributed by atoms with E-state index in [0.29, 0.717) is 24.5 Å². The molecule has 5 nitrogen and oxygen atoms in total. The van der Waals surface area contributed by atoms with Crippen molar-refractivity contribution in [2.24, 2.45) is 5.92 Å². The van der Waals surface area contributed by atoms with Crippen LogP contribution in [0.3, 0.4) is 0 Å². The van der Waals surface area contributed by atoms with Crippen LogP contribution in [0.4, 0.5) is 5.82 Å². The van der Waals surface area contributed by atoms with Crippen LogP contribution in [0.15, 0.2) is 18.3 Å². The predicted molar refractivity (Wildman–Crippen MR) is 69.0 cm³/mol. The number of nitrogens with two attached hydrogens (primary N) is 1. The monoisotopic (exact) mass is 249 g/mol. The molecule has 5 heteroatoms. The Hall–Kier alpha value is -1.62. The second kappa shape index (κ2) is 4.57. The van der Waals surface area contributed by atoms with Crippen LogP contribution in [0.25, 0.3) is 0 Å². The maximum absolute atomic E-state index is 12.2. The van der Waals surface area contributed by atoms with Crippen LogP contribution in [-0.4, -0.2) is 39.6 Å². The number of aliphatic hydroxyl groups is 1. The third-order valence-corrected chi connectivity index (χ3v) is 3.51. The van der Waals surface area contributed by atoms with E-state index in [2.05, 4.69) is 4.98 Å². The molecule has 98 valence electrons. The molecule has 1 aromatic rings. The van der Waals surface area contributed by atoms with Gasteiger partial charge >= 0.3 is 0 Å². The molecule has 0 aromatic carbocycles. The second-order valence-electron chi connectivity index (χ2n) is 5.36. The molecular formula is C13H19N3O2. The van der Waals surface area contributed by atoms with Crippen LogP contribution in [0.1, 0.15) is 30.6 Å². The number of rotatable bonds is 2. The van der Waals surface area contributed by atoms with E-state index in [-0.39, 0.29) is 11.8 Å². The number of pyridine rings is 1. The molecule has 0 saturated carbocycles. The number of nitrogen functional groups attached to an aromatic ring is 1. The Kier molecular flexibility index (Phi) is 3.26. The highest BCUT2D eigenvalue weighted by atomic mass is 16.3. The van der Waals surface area contributed by atoms with Crippen LogP contribution in [0.5, 0.6) is 0 Å². The largest absolute Gasteiger partial charge is 0.390 e. The number of nitrogens with zero attached hydrogens (tertiary/aromatic N) is 2. The summed E-state index contributed by atoms with van der Waals surface area (Å²) < 4.78 is 0. The molecule has 0 bridgehead atoms. The van der Waals surface area contributed by atoms with E-state index < -0.39 is 5.60 Å². The van der Waals surface area contributed by atoms with Gasteiger partial charge in [-0.15, -0.1) is 0 Å². The Labute approximate surface area is 107 Å². The molecule has 1 aliphatic heterocycles. The molecule has 1 amide bonds. The molecule has 2 heterocycles. The van der Waals surface area contributed by atoms with Gasteiger partial charge in [0.05, 0.1) is 11.2 Å². The average molecular weight is 249 g/mol. The molecule has 1 fully saturated rings. The van der Waals surface area contributed by atoms with Crippen molar-refractivity contribution in [2.75, 3.05) is 18.8 Å². The van der Waals surface area contributed by atoms with E-state index in [4.69, 9.17) is 5.73 Å². The Morgan fingerprint density at radius 2 is 2.28 bits per heavy atom. The van der Waals surface area contributed by atoms with Crippen LogP contribution in [0.2, 0.25) is 0 Å². The van der Waals surface area contributed by atoms with Gasteiger partial charge in [0.2, 0.25) is 0 Å². The lowest BCUT2D eigenvalue weighted by Crippen LogP contribution is -2.35. The standard InChI is InChI=1S/C13H19N3O2/c1-13(2,18)10-5-6-16(8-10)12(17)9-3-4-11(14)15-7-9/h3-4,7,10,18H,5-6,8H2,1-2H3,(H2,14,15)/t10-/m1/s1. The summed E-state index contributed by atoms with van der Waals surface area (Å²) in [5.41, 5.74) is 5.29. The minimum atomic E-state index is -0.742. The zero-order chi connectivity index (χ0) is 13.3. The summed E-state index contributed by atoms with van der Waals surface area (Å²) >= 11 is 0. The molecule has 1 aliphatic rings. The number of aromatic nitrogens is 1. The number of anilines is 1. The Morgan fingerprint density at radius 1 is 1.56 bits per heavy atom. The molecule has 18 heavy (non-hydrogen) atoms. The normalized spacial score (nSPS) is 20.2. The topological polar surface area (TPSA) is 79.5 Å². The molecule has 2 rings (SSSR count). The van der Waals surface area contributed by atoms with E-state index >= 15 is 0 Å². The molecule has 1 atom stereocenters. The van der Waals surface area contributed by atoms with Crippen molar-refractivity contribution in [3.05, 3.63) is 23.9 Å². The lowest BCUT2D eigenvalue weighted by molar-refractivity contribution is 0.0211. The van der Waals surface area contributed by atoms with Crippen molar-refractivity contribution >= 4 is 11.7 Å². The van der Waals surface area contributed by atoms with Gasteiger partial charge in [0.15, 0.2) is 0 Å². The Balaban J connectivity index is 2.06. The summed E-state index contributed by atoms with van der Waals surface area (Å²) in [4.78, 5) is 17.9. The van der Waals surface area contributed by atoms with Gasteiger partial charge in [0, 0.05) is 25.2 Å². The lowest BCUT2D eigenvalue weighted by atomic mass is 9.90. The summed E-state index contributed by atoms with van der Waals surface area (Å²) in [7, 11) is 0. The molecule has 0 unspecified atom stereocenters. The highest BCUT2D eigenvalue weighted by Crippen LogP contribution is 2.27. The minimum absolute atomic E-state index is 0.0470. The third-order valence-electron chi connectivity index (χ3n) is 3.51. The zero-order valence-corrected chi connectivity index (χ0v) is 10.8. The van der Waals surface area contributed by atoms with Crippen LogP contribution < -0.4 is 5.73 Å². The average Bonchev–Trinajstić information content (AvgIpc) is 2.78. The van der Waals surface area contributed by atoms with Crippen molar-refractivity contribution in [1.29, 1.82) is 0 Å². The maximum Gasteiger partial charge on any atom is 0.255 e. The fraction of sp³-hybridized carbons (Fsp3) is 0.538. The summed E-state index contributed by atoms with van der Waals surface area (Å²) in [5, 5.41) is 9.96. The molecule has 0 spiro atoms. The van der Waals surface area contributed by atoms with Crippen molar-refractivity contribution in [3.63, 3.8) is 0 Å². The fourth-order valence-electron chi connectivity index (χ4n) is 2.24. The zero-order valence-electron chi connectivity index (χ0n) is 10.8. The van der Waals surface area contributed by atoms with Gasteiger partial charge in [-0.3, -0.25) is 4.79 Å². The summed E-state index contributed by atoms with van der Waals surface area (Å²) in [6, 6.07) is 3.30. The molecular weight excluding hydrogens is 230 g/mol. The first kappa shape index (κ1) is 12.8. The summed E-state index contributed by atoms with van der Waals surface area (Å²) in [6.07, 6.45) is 2.33. The van der Waals surface area contributed by atoms with Gasteiger partial charge in [-0.1, -0.05) is 0 Å². The van der Waals surface area contributed by atoms with Crippen LogP contribution in [-0.2, 0) is 0 Å².